The minimum absolute atomic E-state index is 0.0593. The molecule has 0 spiro atoms. The van der Waals surface area contributed by atoms with Crippen molar-refractivity contribution in [3.8, 4) is 0 Å². The van der Waals surface area contributed by atoms with Gasteiger partial charge in [-0.15, -0.1) is 0 Å². The van der Waals surface area contributed by atoms with E-state index >= 15 is 0 Å². The highest BCUT2D eigenvalue weighted by atomic mass is 32.2. The maximum Gasteiger partial charge on any atom is 0.291 e. The zero-order valence-corrected chi connectivity index (χ0v) is 12.4. The maximum atomic E-state index is 12.2. The van der Waals surface area contributed by atoms with Crippen LogP contribution >= 0.6 is 0 Å². The number of benzene rings is 1. The Hall–Kier alpha value is -1.72. The summed E-state index contributed by atoms with van der Waals surface area (Å²) in [5, 5.41) is 10.9. The molecule has 0 bridgehead atoms. The third-order valence-corrected chi connectivity index (χ3v) is 6.36. The van der Waals surface area contributed by atoms with Gasteiger partial charge in [0.05, 0.1) is 16.4 Å². The molecule has 0 aromatic heterocycles. The number of nitrogens with one attached hydrogen (secondary N) is 1. The highest BCUT2D eigenvalue weighted by Gasteiger charge is 2.34. The molecule has 1 aromatic carbocycles. The number of hydrogen-bond acceptors (Lipinski definition) is 7. The van der Waals surface area contributed by atoms with E-state index in [4.69, 9.17) is 5.73 Å². The molecule has 9 nitrogen and oxygen atoms in total. The van der Waals surface area contributed by atoms with E-state index in [1.165, 1.54) is 6.07 Å². The normalized spacial score (nSPS) is 21.2. The van der Waals surface area contributed by atoms with Crippen molar-refractivity contribution >= 4 is 31.2 Å². The van der Waals surface area contributed by atoms with Gasteiger partial charge in [0, 0.05) is 17.8 Å². The fraction of sp³-hybridized carbons (Fsp3) is 0.400. The molecule has 21 heavy (non-hydrogen) atoms. The van der Waals surface area contributed by atoms with Crippen LogP contribution in [0.4, 0.5) is 11.4 Å². The summed E-state index contributed by atoms with van der Waals surface area (Å²) in [6.07, 6.45) is 0.143. The molecule has 11 heteroatoms. The van der Waals surface area contributed by atoms with Gasteiger partial charge in [-0.25, -0.2) is 21.6 Å². The van der Waals surface area contributed by atoms with Gasteiger partial charge in [-0.3, -0.25) is 10.1 Å². The van der Waals surface area contributed by atoms with Crippen molar-refractivity contribution in [2.45, 2.75) is 17.4 Å². The van der Waals surface area contributed by atoms with Crippen LogP contribution in [0.5, 0.6) is 0 Å². The lowest BCUT2D eigenvalue weighted by atomic mass is 10.3. The van der Waals surface area contributed by atoms with Gasteiger partial charge in [-0.1, -0.05) is 0 Å². The average molecular weight is 335 g/mol. The van der Waals surface area contributed by atoms with E-state index in [0.29, 0.717) is 0 Å². The zero-order valence-electron chi connectivity index (χ0n) is 10.7. The van der Waals surface area contributed by atoms with Crippen molar-refractivity contribution in [1.82, 2.24) is 4.72 Å². The predicted molar refractivity (Wildman–Crippen MR) is 74.9 cm³/mol. The van der Waals surface area contributed by atoms with Crippen LogP contribution < -0.4 is 10.5 Å². The molecule has 1 heterocycles. The van der Waals surface area contributed by atoms with Gasteiger partial charge in [0.2, 0.25) is 10.0 Å². The first-order valence-electron chi connectivity index (χ1n) is 5.87. The van der Waals surface area contributed by atoms with E-state index in [1.807, 2.05) is 0 Å². The monoisotopic (exact) mass is 335 g/mol. The van der Waals surface area contributed by atoms with Gasteiger partial charge in [-0.2, -0.15) is 0 Å². The molecule has 1 aromatic rings. The largest absolute Gasteiger partial charge is 0.399 e. The second kappa shape index (κ2) is 5.24. The number of nitrogens with two attached hydrogens (primary N) is 1. The minimum atomic E-state index is -4.20. The van der Waals surface area contributed by atoms with E-state index in [2.05, 4.69) is 4.72 Å². The number of hydrogen-bond donors (Lipinski definition) is 2. The van der Waals surface area contributed by atoms with Crippen molar-refractivity contribution < 1.29 is 21.8 Å². The molecule has 1 saturated heterocycles. The number of nitro benzene ring substituents is 1. The minimum Gasteiger partial charge on any atom is -0.399 e. The van der Waals surface area contributed by atoms with E-state index in [1.54, 1.807) is 0 Å². The lowest BCUT2D eigenvalue weighted by Crippen LogP contribution is -2.35. The Morgan fingerprint density at radius 2 is 2.05 bits per heavy atom. The van der Waals surface area contributed by atoms with Gasteiger partial charge in [-0.05, 0) is 18.6 Å². The van der Waals surface area contributed by atoms with Crippen LogP contribution in [-0.2, 0) is 19.9 Å². The van der Waals surface area contributed by atoms with E-state index < -0.39 is 41.4 Å². The molecule has 0 saturated carbocycles. The first-order valence-corrected chi connectivity index (χ1v) is 9.18. The molecule has 0 aliphatic carbocycles. The molecule has 0 amide bonds. The average Bonchev–Trinajstić information content (AvgIpc) is 2.67. The molecule has 116 valence electrons. The summed E-state index contributed by atoms with van der Waals surface area (Å²) in [7, 11) is -7.46. The Morgan fingerprint density at radius 3 is 2.57 bits per heavy atom. The molecular formula is C10H13N3O6S2. The van der Waals surface area contributed by atoms with Crippen molar-refractivity contribution in [2.75, 3.05) is 17.2 Å². The van der Waals surface area contributed by atoms with Crippen molar-refractivity contribution in [3.05, 3.63) is 28.3 Å². The summed E-state index contributed by atoms with van der Waals surface area (Å²) >= 11 is 0. The van der Waals surface area contributed by atoms with Crippen LogP contribution in [0.25, 0.3) is 0 Å². The summed E-state index contributed by atoms with van der Waals surface area (Å²) in [5.74, 6) is -0.418. The SMILES string of the molecule is Nc1ccc(S(=O)(=O)NC2CCS(=O)(=O)C2)c([N+](=O)[O-])c1. The number of anilines is 1. The summed E-state index contributed by atoms with van der Waals surface area (Å²) < 4.78 is 49.2. The topological polar surface area (TPSA) is 149 Å². The first kappa shape index (κ1) is 15.7. The summed E-state index contributed by atoms with van der Waals surface area (Å²) in [6.45, 7) is 0. The molecule has 1 aliphatic rings. The fourth-order valence-electron chi connectivity index (χ4n) is 2.08. The molecule has 3 N–H and O–H groups in total. The van der Waals surface area contributed by atoms with Crippen LogP contribution in [0, 0.1) is 10.1 Å². The molecule has 2 rings (SSSR count). The number of rotatable bonds is 4. The van der Waals surface area contributed by atoms with Crippen LogP contribution in [0.2, 0.25) is 0 Å². The number of nitrogen functional groups attached to an aromatic ring is 1. The molecule has 0 radical (unpaired) electrons. The Bertz CT molecular complexity index is 787. The van der Waals surface area contributed by atoms with E-state index in [-0.39, 0.29) is 23.6 Å². The summed E-state index contributed by atoms with van der Waals surface area (Å²) in [5.41, 5.74) is 4.82. The summed E-state index contributed by atoms with van der Waals surface area (Å²) in [4.78, 5) is 9.54. The molecule has 1 atom stereocenters. The van der Waals surface area contributed by atoms with Crippen LogP contribution in [0.15, 0.2) is 23.1 Å². The van der Waals surface area contributed by atoms with Crippen molar-refractivity contribution in [3.63, 3.8) is 0 Å². The fourth-order valence-corrected chi connectivity index (χ4v) is 5.28. The molecular weight excluding hydrogens is 322 g/mol. The molecule has 1 unspecified atom stereocenters. The Morgan fingerprint density at radius 1 is 1.38 bits per heavy atom. The number of nitrogens with zero attached hydrogens (tertiary/aromatic N) is 1. The lowest BCUT2D eigenvalue weighted by molar-refractivity contribution is -0.387. The van der Waals surface area contributed by atoms with Gasteiger partial charge in [0.25, 0.3) is 5.69 Å². The lowest BCUT2D eigenvalue weighted by Gasteiger charge is -2.12. The third-order valence-electron chi connectivity index (χ3n) is 3.02. The second-order valence-electron chi connectivity index (χ2n) is 4.71. The van der Waals surface area contributed by atoms with Gasteiger partial charge in [0.15, 0.2) is 14.7 Å². The van der Waals surface area contributed by atoms with Gasteiger partial charge in [0.1, 0.15) is 0 Å². The third kappa shape index (κ3) is 3.49. The standard InChI is InChI=1S/C10H13N3O6S2/c11-7-1-2-10(9(5-7)13(14)15)21(18,19)12-8-3-4-20(16,17)6-8/h1-2,5,8,12H,3-4,6,11H2. The van der Waals surface area contributed by atoms with Gasteiger partial charge < -0.3 is 5.73 Å². The van der Waals surface area contributed by atoms with Gasteiger partial charge >= 0.3 is 0 Å². The number of sulfonamides is 1. The molecule has 1 aliphatic heterocycles. The quantitative estimate of drug-likeness (QED) is 0.433. The molecule has 1 fully saturated rings. The second-order valence-corrected chi connectivity index (χ2v) is 8.62. The van der Waals surface area contributed by atoms with Crippen LogP contribution in [0.3, 0.4) is 0 Å². The predicted octanol–water partition coefficient (Wildman–Crippen LogP) is -0.358. The highest BCUT2D eigenvalue weighted by molar-refractivity contribution is 7.92. The van der Waals surface area contributed by atoms with E-state index in [9.17, 15) is 26.9 Å². The Balaban J connectivity index is 2.35. The first-order chi connectivity index (χ1) is 9.61. The van der Waals surface area contributed by atoms with Crippen LogP contribution in [-0.4, -0.2) is 39.3 Å². The smallest absolute Gasteiger partial charge is 0.291 e. The Labute approximate surface area is 121 Å². The Kier molecular flexibility index (Phi) is 3.91. The summed E-state index contributed by atoms with van der Waals surface area (Å²) in [6, 6.07) is 2.42. The van der Waals surface area contributed by atoms with Crippen molar-refractivity contribution in [1.29, 1.82) is 0 Å². The van der Waals surface area contributed by atoms with Crippen molar-refractivity contribution in [2.24, 2.45) is 0 Å². The number of sulfone groups is 1. The number of nitro groups is 1. The highest BCUT2D eigenvalue weighted by Crippen LogP contribution is 2.26. The maximum absolute atomic E-state index is 12.2. The van der Waals surface area contributed by atoms with E-state index in [0.717, 1.165) is 12.1 Å². The zero-order chi connectivity index (χ0) is 15.8. The van der Waals surface area contributed by atoms with Crippen LogP contribution in [0.1, 0.15) is 6.42 Å².